The molecular formula is C17H19N3O. The number of rotatable bonds is 2. The number of aryl methyl sites for hydroxylation is 1. The van der Waals surface area contributed by atoms with E-state index in [9.17, 15) is 4.79 Å². The standard InChI is InChI=1S/C17H19N3O/c1-13-4-2-5-14(10-13)17(21)20-9-8-19(12-20)16-7-3-6-15(18)11-16/h2-7,10-11H,8-9,12,18H2,1H3. The maximum Gasteiger partial charge on any atom is 0.255 e. The topological polar surface area (TPSA) is 49.6 Å². The minimum Gasteiger partial charge on any atom is -0.399 e. The highest BCUT2D eigenvalue weighted by atomic mass is 16.2. The average molecular weight is 281 g/mol. The molecule has 21 heavy (non-hydrogen) atoms. The van der Waals surface area contributed by atoms with E-state index < -0.39 is 0 Å². The van der Waals surface area contributed by atoms with E-state index >= 15 is 0 Å². The van der Waals surface area contributed by atoms with Crippen LogP contribution in [-0.4, -0.2) is 30.6 Å². The summed E-state index contributed by atoms with van der Waals surface area (Å²) in [6.07, 6.45) is 0. The lowest BCUT2D eigenvalue weighted by atomic mass is 10.1. The van der Waals surface area contributed by atoms with Crippen LogP contribution in [0.1, 0.15) is 15.9 Å². The minimum absolute atomic E-state index is 0.0881. The van der Waals surface area contributed by atoms with Gasteiger partial charge in [0.05, 0.1) is 6.67 Å². The van der Waals surface area contributed by atoms with E-state index in [1.165, 1.54) is 0 Å². The molecule has 0 bridgehead atoms. The van der Waals surface area contributed by atoms with Crippen LogP contribution in [0.15, 0.2) is 48.5 Å². The molecule has 0 spiro atoms. The molecular weight excluding hydrogens is 262 g/mol. The van der Waals surface area contributed by atoms with Crippen molar-refractivity contribution in [3.8, 4) is 0 Å². The molecule has 0 atom stereocenters. The molecule has 1 fully saturated rings. The Labute approximate surface area is 124 Å². The smallest absolute Gasteiger partial charge is 0.255 e. The lowest BCUT2D eigenvalue weighted by Crippen LogP contribution is -2.31. The van der Waals surface area contributed by atoms with Crippen molar-refractivity contribution in [1.29, 1.82) is 0 Å². The van der Waals surface area contributed by atoms with Crippen molar-refractivity contribution < 1.29 is 4.79 Å². The molecule has 1 heterocycles. The molecule has 0 aliphatic carbocycles. The van der Waals surface area contributed by atoms with E-state index in [0.717, 1.165) is 35.6 Å². The summed E-state index contributed by atoms with van der Waals surface area (Å²) in [6.45, 7) is 4.18. The summed E-state index contributed by atoms with van der Waals surface area (Å²) in [5, 5.41) is 0. The van der Waals surface area contributed by atoms with Gasteiger partial charge in [0.15, 0.2) is 0 Å². The SMILES string of the molecule is Cc1cccc(C(=O)N2CCN(c3cccc(N)c3)C2)c1. The van der Waals surface area contributed by atoms with E-state index in [0.29, 0.717) is 6.67 Å². The number of nitrogens with zero attached hydrogens (tertiary/aromatic N) is 2. The first-order valence-electron chi connectivity index (χ1n) is 7.10. The lowest BCUT2D eigenvalue weighted by Gasteiger charge is -2.20. The highest BCUT2D eigenvalue weighted by molar-refractivity contribution is 5.94. The third kappa shape index (κ3) is 2.84. The highest BCUT2D eigenvalue weighted by Gasteiger charge is 2.25. The second kappa shape index (κ2) is 5.48. The van der Waals surface area contributed by atoms with Gasteiger partial charge in [0.25, 0.3) is 5.91 Å². The van der Waals surface area contributed by atoms with Gasteiger partial charge < -0.3 is 15.5 Å². The van der Waals surface area contributed by atoms with Crippen molar-refractivity contribution in [1.82, 2.24) is 4.90 Å². The molecule has 1 amide bonds. The molecule has 1 saturated heterocycles. The molecule has 0 radical (unpaired) electrons. The quantitative estimate of drug-likeness (QED) is 0.860. The fourth-order valence-electron chi connectivity index (χ4n) is 2.65. The summed E-state index contributed by atoms with van der Waals surface area (Å²) in [5.41, 5.74) is 9.49. The summed E-state index contributed by atoms with van der Waals surface area (Å²) in [4.78, 5) is 16.6. The Bertz CT molecular complexity index is 669. The molecule has 4 nitrogen and oxygen atoms in total. The van der Waals surface area contributed by atoms with Gasteiger partial charge in [-0.25, -0.2) is 0 Å². The van der Waals surface area contributed by atoms with Crippen LogP contribution in [0.3, 0.4) is 0 Å². The Kier molecular flexibility index (Phi) is 3.52. The number of nitrogen functional groups attached to an aromatic ring is 1. The molecule has 1 aliphatic rings. The zero-order valence-electron chi connectivity index (χ0n) is 12.1. The Balaban J connectivity index is 1.74. The molecule has 2 N–H and O–H groups in total. The Morgan fingerprint density at radius 3 is 2.67 bits per heavy atom. The predicted molar refractivity (Wildman–Crippen MR) is 85.3 cm³/mol. The number of anilines is 2. The van der Waals surface area contributed by atoms with E-state index in [2.05, 4.69) is 4.90 Å². The first kappa shape index (κ1) is 13.5. The maximum atomic E-state index is 12.5. The van der Waals surface area contributed by atoms with Crippen LogP contribution >= 0.6 is 0 Å². The van der Waals surface area contributed by atoms with Crippen molar-refractivity contribution in [2.45, 2.75) is 6.92 Å². The molecule has 0 unspecified atom stereocenters. The van der Waals surface area contributed by atoms with E-state index in [4.69, 9.17) is 5.73 Å². The van der Waals surface area contributed by atoms with Crippen LogP contribution < -0.4 is 10.6 Å². The fraction of sp³-hybridized carbons (Fsp3) is 0.235. The monoisotopic (exact) mass is 281 g/mol. The average Bonchev–Trinajstić information content (AvgIpc) is 2.96. The van der Waals surface area contributed by atoms with Gasteiger partial charge in [-0.1, -0.05) is 23.8 Å². The van der Waals surface area contributed by atoms with Crippen LogP contribution in [0.4, 0.5) is 11.4 Å². The Hall–Kier alpha value is -2.49. The zero-order valence-corrected chi connectivity index (χ0v) is 12.1. The van der Waals surface area contributed by atoms with Crippen LogP contribution in [-0.2, 0) is 0 Å². The van der Waals surface area contributed by atoms with E-state index in [-0.39, 0.29) is 5.91 Å². The Morgan fingerprint density at radius 1 is 1.10 bits per heavy atom. The Morgan fingerprint density at radius 2 is 1.90 bits per heavy atom. The van der Waals surface area contributed by atoms with Gasteiger partial charge in [0.1, 0.15) is 0 Å². The molecule has 1 aliphatic heterocycles. The molecule has 2 aromatic rings. The summed E-state index contributed by atoms with van der Waals surface area (Å²) in [5.74, 6) is 0.0881. The number of carbonyl (C=O) groups excluding carboxylic acids is 1. The lowest BCUT2D eigenvalue weighted by molar-refractivity contribution is 0.0794. The zero-order chi connectivity index (χ0) is 14.8. The number of benzene rings is 2. The van der Waals surface area contributed by atoms with Gasteiger partial charge in [0.2, 0.25) is 0 Å². The van der Waals surface area contributed by atoms with Crippen LogP contribution in [0, 0.1) is 6.92 Å². The van der Waals surface area contributed by atoms with Gasteiger partial charge in [-0.15, -0.1) is 0 Å². The van der Waals surface area contributed by atoms with Crippen molar-refractivity contribution >= 4 is 17.3 Å². The molecule has 2 aromatic carbocycles. The number of carbonyl (C=O) groups is 1. The van der Waals surface area contributed by atoms with Gasteiger partial charge in [-0.3, -0.25) is 4.79 Å². The molecule has 0 saturated carbocycles. The first-order valence-corrected chi connectivity index (χ1v) is 7.10. The van der Waals surface area contributed by atoms with Crippen molar-refractivity contribution in [2.75, 3.05) is 30.4 Å². The second-order valence-electron chi connectivity index (χ2n) is 5.44. The molecule has 0 aromatic heterocycles. The summed E-state index contributed by atoms with van der Waals surface area (Å²) in [7, 11) is 0. The number of hydrogen-bond acceptors (Lipinski definition) is 3. The van der Waals surface area contributed by atoms with Gasteiger partial charge in [0, 0.05) is 30.0 Å². The number of hydrogen-bond donors (Lipinski definition) is 1. The minimum atomic E-state index is 0.0881. The normalized spacial score (nSPS) is 14.5. The van der Waals surface area contributed by atoms with Gasteiger partial charge >= 0.3 is 0 Å². The van der Waals surface area contributed by atoms with E-state index in [1.807, 2.05) is 60.4 Å². The van der Waals surface area contributed by atoms with Crippen LogP contribution in [0.25, 0.3) is 0 Å². The fourth-order valence-corrected chi connectivity index (χ4v) is 2.65. The molecule has 3 rings (SSSR count). The third-order valence-electron chi connectivity index (χ3n) is 3.77. The number of amides is 1. The first-order chi connectivity index (χ1) is 10.1. The summed E-state index contributed by atoms with van der Waals surface area (Å²) >= 11 is 0. The highest BCUT2D eigenvalue weighted by Crippen LogP contribution is 2.21. The maximum absolute atomic E-state index is 12.5. The predicted octanol–water partition coefficient (Wildman–Crippen LogP) is 2.50. The molecule has 4 heteroatoms. The second-order valence-corrected chi connectivity index (χ2v) is 5.44. The van der Waals surface area contributed by atoms with Crippen molar-refractivity contribution in [3.05, 3.63) is 59.7 Å². The largest absolute Gasteiger partial charge is 0.399 e. The number of nitrogens with two attached hydrogens (primary N) is 1. The molecule has 108 valence electrons. The summed E-state index contributed by atoms with van der Waals surface area (Å²) in [6, 6.07) is 15.5. The van der Waals surface area contributed by atoms with Crippen LogP contribution in [0.2, 0.25) is 0 Å². The van der Waals surface area contributed by atoms with Crippen molar-refractivity contribution in [3.63, 3.8) is 0 Å². The van der Waals surface area contributed by atoms with Crippen molar-refractivity contribution in [2.24, 2.45) is 0 Å². The van der Waals surface area contributed by atoms with Gasteiger partial charge in [-0.05, 0) is 37.3 Å². The summed E-state index contributed by atoms with van der Waals surface area (Å²) < 4.78 is 0. The third-order valence-corrected chi connectivity index (χ3v) is 3.77. The van der Waals surface area contributed by atoms with Crippen LogP contribution in [0.5, 0.6) is 0 Å². The van der Waals surface area contributed by atoms with Gasteiger partial charge in [-0.2, -0.15) is 0 Å². The van der Waals surface area contributed by atoms with E-state index in [1.54, 1.807) is 0 Å².